The highest BCUT2D eigenvalue weighted by molar-refractivity contribution is 5.29. The molecule has 100 valence electrons. The van der Waals surface area contributed by atoms with Gasteiger partial charge in [-0.1, -0.05) is 36.2 Å². The van der Waals surface area contributed by atoms with Crippen LogP contribution in [0, 0.1) is 13.8 Å². The summed E-state index contributed by atoms with van der Waals surface area (Å²) in [5, 5.41) is 3.48. The minimum Gasteiger partial charge on any atom is -0.309 e. The Bertz CT molecular complexity index is 503. The highest BCUT2D eigenvalue weighted by Crippen LogP contribution is 2.18. The van der Waals surface area contributed by atoms with Crippen LogP contribution in [0.1, 0.15) is 35.3 Å². The molecule has 0 radical (unpaired) electrons. The fraction of sp³-hybridized carbons (Fsp3) is 0.375. The minimum atomic E-state index is 0.222. The summed E-state index contributed by atoms with van der Waals surface area (Å²) in [5.74, 6) is 0. The SMILES string of the molecule is CCNC(Cc1cc(C)cc(C)c1)c1cnccn1. The maximum atomic E-state index is 4.41. The second-order valence-corrected chi connectivity index (χ2v) is 4.94. The Balaban J connectivity index is 2.21. The Morgan fingerprint density at radius 1 is 1.11 bits per heavy atom. The van der Waals surface area contributed by atoms with Crippen LogP contribution in [0.3, 0.4) is 0 Å². The van der Waals surface area contributed by atoms with Gasteiger partial charge in [-0.2, -0.15) is 0 Å². The van der Waals surface area contributed by atoms with Crippen LogP contribution >= 0.6 is 0 Å². The van der Waals surface area contributed by atoms with Crippen LogP contribution in [0.5, 0.6) is 0 Å². The topological polar surface area (TPSA) is 37.8 Å². The second kappa shape index (κ2) is 6.43. The third-order valence-corrected chi connectivity index (χ3v) is 3.11. The Morgan fingerprint density at radius 2 is 1.84 bits per heavy atom. The Hall–Kier alpha value is -1.74. The van der Waals surface area contributed by atoms with Gasteiger partial charge in [0.2, 0.25) is 0 Å². The van der Waals surface area contributed by atoms with E-state index in [2.05, 4.69) is 54.3 Å². The molecule has 1 aromatic carbocycles. The largest absolute Gasteiger partial charge is 0.309 e. The normalized spacial score (nSPS) is 12.4. The van der Waals surface area contributed by atoms with E-state index in [9.17, 15) is 0 Å². The fourth-order valence-corrected chi connectivity index (χ4v) is 2.44. The zero-order chi connectivity index (χ0) is 13.7. The maximum absolute atomic E-state index is 4.41. The van der Waals surface area contributed by atoms with Crippen LogP contribution in [0.4, 0.5) is 0 Å². The molecule has 1 atom stereocenters. The molecule has 19 heavy (non-hydrogen) atoms. The number of aromatic nitrogens is 2. The standard InChI is InChI=1S/C16H21N3/c1-4-18-15(16-11-17-5-6-19-16)10-14-8-12(2)7-13(3)9-14/h5-9,11,15,18H,4,10H2,1-3H3. The van der Waals surface area contributed by atoms with Gasteiger partial charge in [0, 0.05) is 18.6 Å². The predicted molar refractivity (Wildman–Crippen MR) is 78.1 cm³/mol. The van der Waals surface area contributed by atoms with Gasteiger partial charge < -0.3 is 5.32 Å². The summed E-state index contributed by atoms with van der Waals surface area (Å²) < 4.78 is 0. The molecule has 1 heterocycles. The highest BCUT2D eigenvalue weighted by atomic mass is 14.9. The van der Waals surface area contributed by atoms with E-state index < -0.39 is 0 Å². The van der Waals surface area contributed by atoms with Crippen molar-refractivity contribution in [3.05, 3.63) is 59.2 Å². The van der Waals surface area contributed by atoms with Gasteiger partial charge in [-0.15, -0.1) is 0 Å². The zero-order valence-corrected chi connectivity index (χ0v) is 11.9. The average Bonchev–Trinajstić information content (AvgIpc) is 2.38. The first-order chi connectivity index (χ1) is 9.19. The molecule has 1 N–H and O–H groups in total. The average molecular weight is 255 g/mol. The van der Waals surface area contributed by atoms with Gasteiger partial charge in [0.1, 0.15) is 0 Å². The lowest BCUT2D eigenvalue weighted by Gasteiger charge is -2.17. The van der Waals surface area contributed by atoms with Gasteiger partial charge in [0.25, 0.3) is 0 Å². The summed E-state index contributed by atoms with van der Waals surface area (Å²) in [6, 6.07) is 6.91. The summed E-state index contributed by atoms with van der Waals surface area (Å²) in [7, 11) is 0. The van der Waals surface area contributed by atoms with Crippen molar-refractivity contribution in [3.8, 4) is 0 Å². The molecule has 0 fully saturated rings. The van der Waals surface area contributed by atoms with E-state index in [0.29, 0.717) is 0 Å². The van der Waals surface area contributed by atoms with Crippen LogP contribution in [-0.2, 0) is 6.42 Å². The number of hydrogen-bond acceptors (Lipinski definition) is 3. The summed E-state index contributed by atoms with van der Waals surface area (Å²) >= 11 is 0. The van der Waals surface area contributed by atoms with E-state index in [-0.39, 0.29) is 6.04 Å². The number of benzene rings is 1. The number of hydrogen-bond donors (Lipinski definition) is 1. The van der Waals surface area contributed by atoms with Crippen LogP contribution < -0.4 is 5.32 Å². The van der Waals surface area contributed by atoms with Crippen molar-refractivity contribution in [1.29, 1.82) is 0 Å². The van der Waals surface area contributed by atoms with Crippen molar-refractivity contribution in [2.45, 2.75) is 33.2 Å². The minimum absolute atomic E-state index is 0.222. The molecule has 0 bridgehead atoms. The summed E-state index contributed by atoms with van der Waals surface area (Å²) in [5.41, 5.74) is 4.96. The van der Waals surface area contributed by atoms with E-state index in [1.807, 2.05) is 6.20 Å². The van der Waals surface area contributed by atoms with Crippen LogP contribution in [-0.4, -0.2) is 16.5 Å². The van der Waals surface area contributed by atoms with Crippen molar-refractivity contribution in [3.63, 3.8) is 0 Å². The van der Waals surface area contributed by atoms with Crippen molar-refractivity contribution >= 4 is 0 Å². The third kappa shape index (κ3) is 3.86. The third-order valence-electron chi connectivity index (χ3n) is 3.11. The zero-order valence-electron chi connectivity index (χ0n) is 11.9. The van der Waals surface area contributed by atoms with Gasteiger partial charge in [-0.3, -0.25) is 9.97 Å². The summed E-state index contributed by atoms with van der Waals surface area (Å²) in [6.07, 6.45) is 6.25. The number of aryl methyl sites for hydroxylation is 2. The number of nitrogens with zero attached hydrogens (tertiary/aromatic N) is 2. The molecular formula is C16H21N3. The van der Waals surface area contributed by atoms with Crippen molar-refractivity contribution < 1.29 is 0 Å². The number of likely N-dealkylation sites (N-methyl/N-ethyl adjacent to an activating group) is 1. The molecule has 0 aliphatic rings. The van der Waals surface area contributed by atoms with Crippen LogP contribution in [0.15, 0.2) is 36.8 Å². The fourth-order valence-electron chi connectivity index (χ4n) is 2.44. The van der Waals surface area contributed by atoms with E-state index in [1.165, 1.54) is 16.7 Å². The van der Waals surface area contributed by atoms with E-state index >= 15 is 0 Å². The molecule has 0 aliphatic carbocycles. The molecule has 1 aromatic heterocycles. The highest BCUT2D eigenvalue weighted by Gasteiger charge is 2.12. The Labute approximate surface area is 115 Å². The maximum Gasteiger partial charge on any atom is 0.0759 e. The molecule has 1 unspecified atom stereocenters. The molecule has 0 saturated carbocycles. The molecule has 0 saturated heterocycles. The summed E-state index contributed by atoms with van der Waals surface area (Å²) in [4.78, 5) is 8.58. The van der Waals surface area contributed by atoms with Gasteiger partial charge in [0.15, 0.2) is 0 Å². The Kier molecular flexibility index (Phi) is 4.63. The molecule has 0 amide bonds. The number of nitrogens with one attached hydrogen (secondary N) is 1. The van der Waals surface area contributed by atoms with Gasteiger partial charge in [0.05, 0.1) is 11.7 Å². The molecule has 0 aliphatic heterocycles. The van der Waals surface area contributed by atoms with Crippen molar-refractivity contribution in [2.24, 2.45) is 0 Å². The first kappa shape index (κ1) is 13.7. The lowest BCUT2D eigenvalue weighted by molar-refractivity contribution is 0.534. The monoisotopic (exact) mass is 255 g/mol. The lowest BCUT2D eigenvalue weighted by Crippen LogP contribution is -2.24. The van der Waals surface area contributed by atoms with Crippen LogP contribution in [0.25, 0.3) is 0 Å². The first-order valence-corrected chi connectivity index (χ1v) is 6.75. The molecule has 3 heteroatoms. The molecule has 3 nitrogen and oxygen atoms in total. The van der Waals surface area contributed by atoms with E-state index in [0.717, 1.165) is 18.7 Å². The molecule has 0 spiro atoms. The Morgan fingerprint density at radius 3 is 2.42 bits per heavy atom. The molecular weight excluding hydrogens is 234 g/mol. The van der Waals surface area contributed by atoms with E-state index in [1.54, 1.807) is 12.4 Å². The first-order valence-electron chi connectivity index (χ1n) is 6.75. The van der Waals surface area contributed by atoms with Gasteiger partial charge >= 0.3 is 0 Å². The predicted octanol–water partition coefficient (Wildman–Crippen LogP) is 2.99. The quantitative estimate of drug-likeness (QED) is 0.892. The molecule has 2 rings (SSSR count). The smallest absolute Gasteiger partial charge is 0.0759 e. The summed E-state index contributed by atoms with van der Waals surface area (Å²) in [6.45, 7) is 7.32. The molecule has 2 aromatic rings. The van der Waals surface area contributed by atoms with Crippen molar-refractivity contribution in [1.82, 2.24) is 15.3 Å². The lowest BCUT2D eigenvalue weighted by atomic mass is 9.99. The van der Waals surface area contributed by atoms with Crippen LogP contribution in [0.2, 0.25) is 0 Å². The number of rotatable bonds is 5. The second-order valence-electron chi connectivity index (χ2n) is 4.94. The van der Waals surface area contributed by atoms with Gasteiger partial charge in [-0.05, 0) is 32.4 Å². The van der Waals surface area contributed by atoms with Gasteiger partial charge in [-0.25, -0.2) is 0 Å². The van der Waals surface area contributed by atoms with E-state index in [4.69, 9.17) is 0 Å². The van der Waals surface area contributed by atoms with Crippen molar-refractivity contribution in [2.75, 3.05) is 6.54 Å².